The minimum atomic E-state index is -0.0665. The van der Waals surface area contributed by atoms with E-state index in [0.29, 0.717) is 17.8 Å². The fourth-order valence-corrected chi connectivity index (χ4v) is 3.78. The molecule has 2 aromatic carbocycles. The fraction of sp³-hybridized carbons (Fsp3) is 0.435. The number of ether oxygens (including phenoxy) is 1. The number of para-hydroxylation sites is 2. The number of amides is 1. The summed E-state index contributed by atoms with van der Waals surface area (Å²) < 4.78 is 5.51. The Morgan fingerprint density at radius 2 is 1.73 bits per heavy atom. The summed E-state index contributed by atoms with van der Waals surface area (Å²) in [5.41, 5.74) is 9.28. The van der Waals surface area contributed by atoms with Crippen LogP contribution in [0.5, 0.6) is 5.75 Å². The molecule has 0 bridgehead atoms. The van der Waals surface area contributed by atoms with Crippen LogP contribution in [-0.4, -0.2) is 71.3 Å². The number of anilines is 3. The number of nitrogens with two attached hydrogens (primary N) is 1. The van der Waals surface area contributed by atoms with Gasteiger partial charge in [-0.15, -0.1) is 0 Å². The molecule has 1 aliphatic heterocycles. The van der Waals surface area contributed by atoms with Gasteiger partial charge in [0.2, 0.25) is 0 Å². The Balaban J connectivity index is 1.67. The lowest BCUT2D eigenvalue weighted by Crippen LogP contribution is -2.47. The zero-order chi connectivity index (χ0) is 21.5. The highest BCUT2D eigenvalue weighted by Crippen LogP contribution is 2.30. The predicted octanol–water partition coefficient (Wildman–Crippen LogP) is 2.29. The van der Waals surface area contributed by atoms with E-state index in [1.54, 1.807) is 13.2 Å². The summed E-state index contributed by atoms with van der Waals surface area (Å²) in [6, 6.07) is 13.7. The number of benzene rings is 2. The van der Waals surface area contributed by atoms with Crippen molar-refractivity contribution in [3.05, 3.63) is 48.0 Å². The molecular formula is C23H33N5O2. The number of nitrogens with one attached hydrogen (secondary N) is 1. The molecule has 0 aromatic heterocycles. The highest BCUT2D eigenvalue weighted by atomic mass is 16.5. The lowest BCUT2D eigenvalue weighted by Gasteiger charge is -2.38. The van der Waals surface area contributed by atoms with Gasteiger partial charge in [0.1, 0.15) is 5.75 Å². The van der Waals surface area contributed by atoms with E-state index in [1.807, 2.05) is 44.4 Å². The Labute approximate surface area is 179 Å². The quantitative estimate of drug-likeness (QED) is 0.513. The maximum atomic E-state index is 12.8. The second-order valence-electron chi connectivity index (χ2n) is 7.84. The second-order valence-corrected chi connectivity index (χ2v) is 7.84. The van der Waals surface area contributed by atoms with Crippen molar-refractivity contribution in [1.29, 1.82) is 0 Å². The molecule has 1 amide bonds. The molecule has 162 valence electrons. The van der Waals surface area contributed by atoms with Crippen molar-refractivity contribution in [3.63, 3.8) is 0 Å². The van der Waals surface area contributed by atoms with E-state index < -0.39 is 0 Å². The van der Waals surface area contributed by atoms with Gasteiger partial charge in [-0.2, -0.15) is 0 Å². The normalized spacial score (nSPS) is 14.1. The largest absolute Gasteiger partial charge is 0.495 e. The first-order chi connectivity index (χ1) is 14.5. The van der Waals surface area contributed by atoms with E-state index in [4.69, 9.17) is 10.5 Å². The van der Waals surface area contributed by atoms with Crippen molar-refractivity contribution < 1.29 is 9.53 Å². The third-order valence-corrected chi connectivity index (χ3v) is 5.38. The summed E-state index contributed by atoms with van der Waals surface area (Å²) >= 11 is 0. The number of hydrogen-bond donors (Lipinski definition) is 2. The summed E-state index contributed by atoms with van der Waals surface area (Å²) in [4.78, 5) is 19.5. The fourth-order valence-electron chi connectivity index (χ4n) is 3.78. The molecule has 1 saturated heterocycles. The van der Waals surface area contributed by atoms with Crippen LogP contribution in [0.2, 0.25) is 0 Å². The Morgan fingerprint density at radius 3 is 2.40 bits per heavy atom. The number of nitrogen functional groups attached to an aromatic ring is 1. The molecule has 3 N–H and O–H groups in total. The minimum absolute atomic E-state index is 0.0665. The number of methoxy groups -OCH3 is 1. The highest BCUT2D eigenvalue weighted by Gasteiger charge is 2.23. The first kappa shape index (κ1) is 21.8. The van der Waals surface area contributed by atoms with Crippen LogP contribution in [0.4, 0.5) is 17.1 Å². The second kappa shape index (κ2) is 10.2. The van der Waals surface area contributed by atoms with Crippen LogP contribution >= 0.6 is 0 Å². The number of carbonyl (C=O) groups excluding carboxylic acids is 1. The van der Waals surface area contributed by atoms with Gasteiger partial charge >= 0.3 is 0 Å². The van der Waals surface area contributed by atoms with Crippen molar-refractivity contribution in [2.45, 2.75) is 6.42 Å². The highest BCUT2D eigenvalue weighted by molar-refractivity contribution is 6.00. The van der Waals surface area contributed by atoms with Gasteiger partial charge in [-0.25, -0.2) is 0 Å². The van der Waals surface area contributed by atoms with Crippen LogP contribution in [0.25, 0.3) is 0 Å². The van der Waals surface area contributed by atoms with Gasteiger partial charge in [0.25, 0.3) is 5.91 Å². The van der Waals surface area contributed by atoms with E-state index in [9.17, 15) is 4.79 Å². The maximum absolute atomic E-state index is 12.8. The molecule has 7 heteroatoms. The van der Waals surface area contributed by atoms with Gasteiger partial charge in [0.05, 0.1) is 18.4 Å². The molecule has 0 atom stereocenters. The van der Waals surface area contributed by atoms with E-state index in [1.165, 1.54) is 0 Å². The van der Waals surface area contributed by atoms with Gasteiger partial charge in [-0.3, -0.25) is 4.79 Å². The third-order valence-electron chi connectivity index (χ3n) is 5.38. The monoisotopic (exact) mass is 411 g/mol. The maximum Gasteiger partial charge on any atom is 0.253 e. The smallest absolute Gasteiger partial charge is 0.253 e. The Hall–Kier alpha value is -2.93. The van der Waals surface area contributed by atoms with Crippen LogP contribution in [0.15, 0.2) is 42.5 Å². The molecule has 1 heterocycles. The molecule has 0 radical (unpaired) electrons. The van der Waals surface area contributed by atoms with Gasteiger partial charge in [0, 0.05) is 44.1 Å². The van der Waals surface area contributed by atoms with E-state index in [2.05, 4.69) is 26.1 Å². The van der Waals surface area contributed by atoms with Crippen LogP contribution in [0, 0.1) is 0 Å². The van der Waals surface area contributed by atoms with Crippen molar-refractivity contribution in [2.24, 2.45) is 0 Å². The van der Waals surface area contributed by atoms with E-state index in [0.717, 1.165) is 56.3 Å². The van der Waals surface area contributed by atoms with Crippen LogP contribution in [0.3, 0.4) is 0 Å². The molecule has 1 fully saturated rings. The number of hydrogen-bond acceptors (Lipinski definition) is 6. The zero-order valence-corrected chi connectivity index (χ0v) is 18.2. The third kappa shape index (κ3) is 5.36. The molecular weight excluding hydrogens is 378 g/mol. The van der Waals surface area contributed by atoms with Crippen molar-refractivity contribution in [2.75, 3.05) is 76.0 Å². The number of piperazine rings is 1. The average Bonchev–Trinajstić information content (AvgIpc) is 2.76. The van der Waals surface area contributed by atoms with Crippen LogP contribution < -0.4 is 25.6 Å². The lowest BCUT2D eigenvalue weighted by molar-refractivity contribution is 0.0953. The van der Waals surface area contributed by atoms with E-state index >= 15 is 0 Å². The average molecular weight is 412 g/mol. The standard InChI is InChI=1S/C23H33N5O2/c1-26(2)12-6-11-25-23(29)19-17-18(24)9-10-20(19)27-13-15-28(16-14-27)21-7-4-5-8-22(21)30-3/h4-5,7-10,17H,6,11-16,24H2,1-3H3,(H,25,29). The molecule has 2 aromatic rings. The molecule has 7 nitrogen and oxygen atoms in total. The molecule has 30 heavy (non-hydrogen) atoms. The number of nitrogens with zero attached hydrogens (tertiary/aromatic N) is 3. The van der Waals surface area contributed by atoms with Crippen molar-refractivity contribution in [1.82, 2.24) is 10.2 Å². The van der Waals surface area contributed by atoms with Gasteiger partial charge in [-0.05, 0) is 57.4 Å². The first-order valence-electron chi connectivity index (χ1n) is 10.4. The Bertz CT molecular complexity index is 847. The summed E-state index contributed by atoms with van der Waals surface area (Å²) in [7, 11) is 5.76. The molecule has 0 aliphatic carbocycles. The first-order valence-corrected chi connectivity index (χ1v) is 10.4. The minimum Gasteiger partial charge on any atom is -0.495 e. The van der Waals surface area contributed by atoms with Gasteiger partial charge in [-0.1, -0.05) is 12.1 Å². The predicted molar refractivity (Wildman–Crippen MR) is 124 cm³/mol. The lowest BCUT2D eigenvalue weighted by atomic mass is 10.1. The molecule has 1 aliphatic rings. The van der Waals surface area contributed by atoms with Crippen molar-refractivity contribution in [3.8, 4) is 5.75 Å². The van der Waals surface area contributed by atoms with E-state index in [-0.39, 0.29) is 5.91 Å². The van der Waals surface area contributed by atoms with Crippen molar-refractivity contribution >= 4 is 23.0 Å². The Morgan fingerprint density at radius 1 is 1.07 bits per heavy atom. The zero-order valence-electron chi connectivity index (χ0n) is 18.2. The topological polar surface area (TPSA) is 74.1 Å². The summed E-state index contributed by atoms with van der Waals surface area (Å²) in [6.45, 7) is 4.94. The van der Waals surface area contributed by atoms with Gasteiger partial charge in [0.15, 0.2) is 0 Å². The SMILES string of the molecule is COc1ccccc1N1CCN(c2ccc(N)cc2C(=O)NCCCN(C)C)CC1. The van der Waals surface area contributed by atoms with Crippen LogP contribution in [0.1, 0.15) is 16.8 Å². The molecule has 0 saturated carbocycles. The van der Waals surface area contributed by atoms with Crippen LogP contribution in [-0.2, 0) is 0 Å². The summed E-state index contributed by atoms with van der Waals surface area (Å²) in [6.07, 6.45) is 0.911. The molecule has 0 spiro atoms. The summed E-state index contributed by atoms with van der Waals surface area (Å²) in [5, 5.41) is 3.04. The number of carbonyl (C=O) groups is 1. The molecule has 3 rings (SSSR count). The summed E-state index contributed by atoms with van der Waals surface area (Å²) in [5.74, 6) is 0.819. The van der Waals surface area contributed by atoms with Gasteiger partial charge < -0.3 is 30.5 Å². The number of rotatable bonds is 8. The molecule has 0 unspecified atom stereocenters. The Kier molecular flexibility index (Phi) is 7.41.